The fourth-order valence-electron chi connectivity index (χ4n) is 3.18. The summed E-state index contributed by atoms with van der Waals surface area (Å²) in [5.41, 5.74) is -2.05. The molecule has 0 unspecified atom stereocenters. The van der Waals surface area contributed by atoms with Crippen molar-refractivity contribution in [1.82, 2.24) is 4.90 Å². The number of likely N-dealkylation sites (tertiary alicyclic amines) is 1. The van der Waals surface area contributed by atoms with E-state index in [1.807, 2.05) is 0 Å². The molecule has 2 rings (SSSR count). The minimum atomic E-state index is -4.45. The lowest BCUT2D eigenvalue weighted by atomic mass is 9.72. The van der Waals surface area contributed by atoms with Crippen LogP contribution in [-0.4, -0.2) is 42.8 Å². The van der Waals surface area contributed by atoms with Crippen LogP contribution in [0.2, 0.25) is 0 Å². The minimum absolute atomic E-state index is 0.240. The number of amides is 1. The third-order valence-corrected chi connectivity index (χ3v) is 4.61. The van der Waals surface area contributed by atoms with Crippen LogP contribution >= 0.6 is 0 Å². The average Bonchev–Trinajstić information content (AvgIpc) is 2.59. The van der Waals surface area contributed by atoms with Crippen molar-refractivity contribution in [2.45, 2.75) is 50.8 Å². The molecular weight excluding hydrogens is 363 g/mol. The molecule has 0 saturated carbocycles. The number of ether oxygens (including phenoxy) is 2. The first-order valence-electron chi connectivity index (χ1n) is 8.63. The number of benzene rings is 1. The maximum atomic E-state index is 12.8. The molecule has 1 heterocycles. The molecule has 0 radical (unpaired) electrons. The monoisotopic (exact) mass is 387 g/mol. The number of rotatable bonds is 2. The van der Waals surface area contributed by atoms with E-state index in [9.17, 15) is 22.8 Å². The molecule has 0 spiro atoms. The molecule has 1 aromatic carbocycles. The Morgan fingerprint density at radius 2 is 1.56 bits per heavy atom. The van der Waals surface area contributed by atoms with Crippen molar-refractivity contribution in [3.63, 3.8) is 0 Å². The second-order valence-corrected chi connectivity index (χ2v) is 7.62. The standard InChI is InChI=1S/C19H24F3NO4/c1-17(2,3)27-16(25)23-11-9-18(10-12-23,15(24)26-4)13-5-7-14(8-6-13)19(20,21)22/h5-8H,9-12H2,1-4H3. The third kappa shape index (κ3) is 4.73. The van der Waals surface area contributed by atoms with Crippen molar-refractivity contribution in [3.8, 4) is 0 Å². The van der Waals surface area contributed by atoms with Gasteiger partial charge in [-0.2, -0.15) is 13.2 Å². The summed E-state index contributed by atoms with van der Waals surface area (Å²) in [4.78, 5) is 26.2. The van der Waals surface area contributed by atoms with Gasteiger partial charge in [0.15, 0.2) is 0 Å². The largest absolute Gasteiger partial charge is 0.468 e. The van der Waals surface area contributed by atoms with Gasteiger partial charge in [0.05, 0.1) is 18.1 Å². The fraction of sp³-hybridized carbons (Fsp3) is 0.579. The summed E-state index contributed by atoms with van der Waals surface area (Å²) in [5.74, 6) is -0.522. The quantitative estimate of drug-likeness (QED) is 0.716. The van der Waals surface area contributed by atoms with E-state index in [4.69, 9.17) is 9.47 Å². The zero-order valence-corrected chi connectivity index (χ0v) is 15.9. The molecule has 1 aliphatic heterocycles. The van der Waals surface area contributed by atoms with Gasteiger partial charge in [-0.05, 0) is 51.3 Å². The van der Waals surface area contributed by atoms with Gasteiger partial charge < -0.3 is 14.4 Å². The SMILES string of the molecule is COC(=O)C1(c2ccc(C(F)(F)F)cc2)CCN(C(=O)OC(C)(C)C)CC1. The van der Waals surface area contributed by atoms with Crippen LogP contribution in [0.1, 0.15) is 44.7 Å². The Labute approximate surface area is 156 Å². The molecule has 0 aliphatic carbocycles. The topological polar surface area (TPSA) is 55.8 Å². The van der Waals surface area contributed by atoms with Crippen LogP contribution in [0.15, 0.2) is 24.3 Å². The van der Waals surface area contributed by atoms with Crippen molar-refractivity contribution >= 4 is 12.1 Å². The molecule has 0 atom stereocenters. The molecule has 1 aromatic rings. The average molecular weight is 387 g/mol. The Kier molecular flexibility index (Phi) is 5.77. The van der Waals surface area contributed by atoms with Crippen LogP contribution in [0, 0.1) is 0 Å². The molecule has 0 bridgehead atoms. The normalized spacial score (nSPS) is 17.4. The number of carbonyl (C=O) groups is 2. The zero-order valence-electron chi connectivity index (χ0n) is 15.9. The zero-order chi connectivity index (χ0) is 20.5. The molecule has 1 fully saturated rings. The summed E-state index contributed by atoms with van der Waals surface area (Å²) in [6.45, 7) is 5.76. The summed E-state index contributed by atoms with van der Waals surface area (Å²) in [5, 5.41) is 0. The smallest absolute Gasteiger partial charge is 0.416 e. The second kappa shape index (κ2) is 7.40. The molecule has 150 valence electrons. The first-order chi connectivity index (χ1) is 12.4. The number of halogens is 3. The number of hydrogen-bond donors (Lipinski definition) is 0. The highest BCUT2D eigenvalue weighted by Gasteiger charge is 2.45. The summed E-state index contributed by atoms with van der Waals surface area (Å²) < 4.78 is 48.7. The minimum Gasteiger partial charge on any atom is -0.468 e. The Balaban J connectivity index is 2.23. The van der Waals surface area contributed by atoms with Crippen LogP contribution in [-0.2, 0) is 25.9 Å². The van der Waals surface area contributed by atoms with Gasteiger partial charge >= 0.3 is 18.2 Å². The molecule has 1 saturated heterocycles. The van der Waals surface area contributed by atoms with E-state index in [1.54, 1.807) is 20.8 Å². The van der Waals surface area contributed by atoms with E-state index in [0.717, 1.165) is 12.1 Å². The van der Waals surface area contributed by atoms with Gasteiger partial charge in [0.25, 0.3) is 0 Å². The lowest BCUT2D eigenvalue weighted by Gasteiger charge is -2.40. The van der Waals surface area contributed by atoms with Crippen LogP contribution in [0.3, 0.4) is 0 Å². The number of hydrogen-bond acceptors (Lipinski definition) is 4. The summed E-state index contributed by atoms with van der Waals surface area (Å²) >= 11 is 0. The van der Waals surface area contributed by atoms with Crippen molar-refractivity contribution in [2.24, 2.45) is 0 Å². The van der Waals surface area contributed by atoms with Crippen molar-refractivity contribution in [2.75, 3.05) is 20.2 Å². The number of carbonyl (C=O) groups excluding carboxylic acids is 2. The van der Waals surface area contributed by atoms with Crippen LogP contribution < -0.4 is 0 Å². The highest BCUT2D eigenvalue weighted by molar-refractivity contribution is 5.84. The van der Waals surface area contributed by atoms with Crippen molar-refractivity contribution < 1.29 is 32.2 Å². The number of esters is 1. The number of nitrogens with zero attached hydrogens (tertiary/aromatic N) is 1. The Bertz CT molecular complexity index is 684. The molecule has 1 aliphatic rings. The fourth-order valence-corrected chi connectivity index (χ4v) is 3.18. The predicted molar refractivity (Wildman–Crippen MR) is 92.2 cm³/mol. The van der Waals surface area contributed by atoms with Crippen molar-refractivity contribution in [1.29, 1.82) is 0 Å². The van der Waals surface area contributed by atoms with Crippen LogP contribution in [0.4, 0.5) is 18.0 Å². The lowest BCUT2D eigenvalue weighted by molar-refractivity contribution is -0.149. The number of alkyl halides is 3. The highest BCUT2D eigenvalue weighted by atomic mass is 19.4. The summed E-state index contributed by atoms with van der Waals surface area (Å²) in [6, 6.07) is 4.53. The van der Waals surface area contributed by atoms with Gasteiger partial charge in [-0.25, -0.2) is 4.79 Å². The van der Waals surface area contributed by atoms with Gasteiger partial charge in [-0.3, -0.25) is 4.79 Å². The van der Waals surface area contributed by atoms with Gasteiger partial charge in [-0.1, -0.05) is 12.1 Å². The van der Waals surface area contributed by atoms with Gasteiger partial charge in [0.1, 0.15) is 5.60 Å². The van der Waals surface area contributed by atoms with Crippen LogP contribution in [0.25, 0.3) is 0 Å². The van der Waals surface area contributed by atoms with Crippen LogP contribution in [0.5, 0.6) is 0 Å². The van der Waals surface area contributed by atoms with Crippen molar-refractivity contribution in [3.05, 3.63) is 35.4 Å². The maximum absolute atomic E-state index is 12.8. The molecule has 5 nitrogen and oxygen atoms in total. The lowest BCUT2D eigenvalue weighted by Crippen LogP contribution is -2.50. The Hall–Kier alpha value is -2.25. The molecule has 1 amide bonds. The van der Waals surface area contributed by atoms with E-state index in [0.29, 0.717) is 5.56 Å². The van der Waals surface area contributed by atoms with E-state index in [-0.39, 0.29) is 25.9 Å². The maximum Gasteiger partial charge on any atom is 0.416 e. The van der Waals surface area contributed by atoms with Gasteiger partial charge in [0.2, 0.25) is 0 Å². The van der Waals surface area contributed by atoms with Gasteiger partial charge in [-0.15, -0.1) is 0 Å². The van der Waals surface area contributed by atoms with E-state index in [2.05, 4.69) is 0 Å². The third-order valence-electron chi connectivity index (χ3n) is 4.61. The Morgan fingerprint density at radius 1 is 1.04 bits per heavy atom. The summed E-state index contributed by atoms with van der Waals surface area (Å²) in [7, 11) is 1.24. The Morgan fingerprint density at radius 3 is 1.96 bits per heavy atom. The molecule has 27 heavy (non-hydrogen) atoms. The van der Waals surface area contributed by atoms with E-state index >= 15 is 0 Å². The highest BCUT2D eigenvalue weighted by Crippen LogP contribution is 2.39. The van der Waals surface area contributed by atoms with Gasteiger partial charge in [0, 0.05) is 13.1 Å². The van der Waals surface area contributed by atoms with E-state index < -0.39 is 34.8 Å². The van der Waals surface area contributed by atoms with E-state index in [1.165, 1.54) is 24.1 Å². The number of piperidine rings is 1. The number of methoxy groups -OCH3 is 1. The second-order valence-electron chi connectivity index (χ2n) is 7.62. The molecular formula is C19H24F3NO4. The predicted octanol–water partition coefficient (Wildman–Crippen LogP) is 4.15. The summed E-state index contributed by atoms with van der Waals surface area (Å²) in [6.07, 6.45) is -4.45. The first kappa shape index (κ1) is 21.1. The first-order valence-corrected chi connectivity index (χ1v) is 8.63. The molecule has 0 aromatic heterocycles. The molecule has 0 N–H and O–H groups in total. The molecule has 8 heteroatoms.